The van der Waals surface area contributed by atoms with Gasteiger partial charge in [0.15, 0.2) is 0 Å². The van der Waals surface area contributed by atoms with Gasteiger partial charge in [-0.3, -0.25) is 10.1 Å². The fraction of sp³-hybridized carbons (Fsp3) is 0.292. The summed E-state index contributed by atoms with van der Waals surface area (Å²) in [6.45, 7) is 8.38. The number of benzene rings is 2. The summed E-state index contributed by atoms with van der Waals surface area (Å²) in [5.41, 5.74) is 3.69. The van der Waals surface area contributed by atoms with Gasteiger partial charge < -0.3 is 10.2 Å². The Hall–Kier alpha value is -3.03. The second kappa shape index (κ2) is 8.72. The quantitative estimate of drug-likeness (QED) is 0.475. The Bertz CT molecular complexity index is 1250. The normalized spacial score (nSPS) is 13.1. The molecule has 1 aliphatic rings. The van der Waals surface area contributed by atoms with Crippen molar-refractivity contribution in [2.45, 2.75) is 39.5 Å². The topological polar surface area (TPSA) is 79.3 Å². The van der Waals surface area contributed by atoms with E-state index in [0.717, 1.165) is 29.1 Å². The van der Waals surface area contributed by atoms with E-state index in [4.69, 9.17) is 28.3 Å². The van der Waals surface area contributed by atoms with E-state index in [2.05, 4.69) is 31.4 Å². The Balaban J connectivity index is 1.69. The average molecular weight is 486 g/mol. The molecular weight excluding hydrogens is 461 g/mol. The summed E-state index contributed by atoms with van der Waals surface area (Å²) in [5, 5.41) is 11.0. The molecule has 2 N–H and O–H groups in total. The molecule has 0 saturated heterocycles. The molecule has 0 saturated carbocycles. The molecule has 3 amide bonds. The Morgan fingerprint density at radius 2 is 1.82 bits per heavy atom. The molecule has 0 aliphatic carbocycles. The van der Waals surface area contributed by atoms with Crippen LogP contribution in [0.3, 0.4) is 0 Å². The zero-order valence-electron chi connectivity index (χ0n) is 18.9. The number of nitrogens with one attached hydrogen (secondary N) is 2. The second-order valence-corrected chi connectivity index (χ2v) is 9.78. The molecule has 9 heteroatoms. The van der Waals surface area contributed by atoms with E-state index in [-0.39, 0.29) is 16.3 Å². The maximum atomic E-state index is 12.8. The van der Waals surface area contributed by atoms with Gasteiger partial charge in [0.2, 0.25) is 5.91 Å². The fourth-order valence-corrected chi connectivity index (χ4v) is 4.08. The molecule has 1 aliphatic heterocycles. The number of carbonyl (C=O) groups excluding carboxylic acids is 2. The molecule has 4 rings (SSSR count). The predicted octanol–water partition coefficient (Wildman–Crippen LogP) is 6.03. The number of urea groups is 1. The lowest BCUT2D eigenvalue weighted by molar-refractivity contribution is -0.116. The molecule has 0 bridgehead atoms. The highest BCUT2D eigenvalue weighted by Crippen LogP contribution is 2.33. The highest BCUT2D eigenvalue weighted by atomic mass is 35.5. The minimum Gasteiger partial charge on any atom is -0.312 e. The first-order valence-electron chi connectivity index (χ1n) is 10.6. The molecule has 0 unspecified atom stereocenters. The summed E-state index contributed by atoms with van der Waals surface area (Å²) in [6, 6.07) is 12.3. The first-order valence-corrected chi connectivity index (χ1v) is 11.3. The van der Waals surface area contributed by atoms with Crippen LogP contribution >= 0.6 is 23.2 Å². The van der Waals surface area contributed by atoms with Crippen LogP contribution < -0.4 is 15.5 Å². The number of hydrogen-bond donors (Lipinski definition) is 2. The van der Waals surface area contributed by atoms with Crippen molar-refractivity contribution in [1.29, 1.82) is 0 Å². The fourth-order valence-electron chi connectivity index (χ4n) is 3.73. The maximum absolute atomic E-state index is 12.8. The van der Waals surface area contributed by atoms with Crippen LogP contribution in [-0.2, 0) is 16.6 Å². The number of halogens is 2. The minimum atomic E-state index is -0.479. The van der Waals surface area contributed by atoms with Crippen LogP contribution in [0.2, 0.25) is 10.0 Å². The monoisotopic (exact) mass is 485 g/mol. The Morgan fingerprint density at radius 3 is 2.52 bits per heavy atom. The summed E-state index contributed by atoms with van der Waals surface area (Å²) < 4.78 is 1.68. The summed E-state index contributed by atoms with van der Waals surface area (Å²) in [7, 11) is 0. The number of carbonyl (C=O) groups is 2. The molecule has 1 aromatic heterocycles. The molecule has 3 aromatic rings. The summed E-state index contributed by atoms with van der Waals surface area (Å²) >= 11 is 12.3. The lowest BCUT2D eigenvalue weighted by Gasteiger charge is -2.17. The van der Waals surface area contributed by atoms with E-state index in [1.807, 2.05) is 24.3 Å². The maximum Gasteiger partial charge on any atom is 0.324 e. The van der Waals surface area contributed by atoms with E-state index in [9.17, 15) is 9.59 Å². The Kier molecular flexibility index (Phi) is 6.12. The molecular formula is C24H25Cl2N5O2. The number of anilines is 3. The second-order valence-electron chi connectivity index (χ2n) is 8.99. The van der Waals surface area contributed by atoms with E-state index in [0.29, 0.717) is 23.1 Å². The number of rotatable bonds is 3. The van der Waals surface area contributed by atoms with E-state index >= 15 is 0 Å². The van der Waals surface area contributed by atoms with Gasteiger partial charge in [0.25, 0.3) is 0 Å². The lowest BCUT2D eigenvalue weighted by atomic mass is 9.92. The number of nitrogens with zero attached hydrogens (tertiary/aromatic N) is 3. The first kappa shape index (κ1) is 23.1. The molecule has 7 nitrogen and oxygen atoms in total. The van der Waals surface area contributed by atoms with Crippen molar-refractivity contribution in [3.8, 4) is 5.69 Å². The highest BCUT2D eigenvalue weighted by molar-refractivity contribution is 6.44. The highest BCUT2D eigenvalue weighted by Gasteiger charge is 2.25. The average Bonchev–Trinajstić information content (AvgIpc) is 3.35. The zero-order chi connectivity index (χ0) is 23.9. The first-order chi connectivity index (χ1) is 15.5. The molecule has 0 spiro atoms. The zero-order valence-corrected chi connectivity index (χ0v) is 20.4. The Labute approximate surface area is 202 Å². The number of amides is 3. The number of aromatic nitrogens is 2. The van der Waals surface area contributed by atoms with Crippen LogP contribution in [0.4, 0.5) is 22.0 Å². The lowest BCUT2D eigenvalue weighted by Crippen LogP contribution is -2.26. The van der Waals surface area contributed by atoms with Crippen molar-refractivity contribution in [3.05, 3.63) is 63.8 Å². The van der Waals surface area contributed by atoms with Crippen molar-refractivity contribution < 1.29 is 9.59 Å². The van der Waals surface area contributed by atoms with E-state index in [1.54, 1.807) is 34.7 Å². The van der Waals surface area contributed by atoms with Crippen molar-refractivity contribution in [2.75, 3.05) is 22.1 Å². The van der Waals surface area contributed by atoms with Gasteiger partial charge in [0, 0.05) is 30.6 Å². The van der Waals surface area contributed by atoms with Gasteiger partial charge in [-0.25, -0.2) is 9.48 Å². The Morgan fingerprint density at radius 1 is 1.06 bits per heavy atom. The standard InChI is InChI=1S/C24H25Cl2N5O2/c1-14(32)30-11-10-15-8-9-16(12-19(15)30)31-21(13-20(29-31)24(2,3)4)28-23(33)27-18-7-5-6-17(25)22(18)26/h5-9,12-13H,10-11H2,1-4H3,(H2,27,28,33). The third-order valence-corrected chi connectivity index (χ3v) is 6.33. The summed E-state index contributed by atoms with van der Waals surface area (Å²) in [6.07, 6.45) is 0.815. The number of hydrogen-bond acceptors (Lipinski definition) is 3. The molecule has 33 heavy (non-hydrogen) atoms. The minimum absolute atomic E-state index is 0.00197. The van der Waals surface area contributed by atoms with Gasteiger partial charge in [-0.1, -0.05) is 56.1 Å². The van der Waals surface area contributed by atoms with Gasteiger partial charge in [0.05, 0.1) is 27.1 Å². The molecule has 2 aromatic carbocycles. The van der Waals surface area contributed by atoms with Crippen LogP contribution in [0, 0.1) is 0 Å². The molecule has 2 heterocycles. The third-order valence-electron chi connectivity index (χ3n) is 5.51. The van der Waals surface area contributed by atoms with Gasteiger partial charge in [0.1, 0.15) is 5.82 Å². The van der Waals surface area contributed by atoms with Gasteiger partial charge in [-0.15, -0.1) is 0 Å². The number of fused-ring (bicyclic) bond motifs is 1. The van der Waals surface area contributed by atoms with Crippen LogP contribution in [-0.4, -0.2) is 28.3 Å². The molecule has 0 radical (unpaired) electrons. The van der Waals surface area contributed by atoms with Crippen LogP contribution in [0.5, 0.6) is 0 Å². The van der Waals surface area contributed by atoms with Gasteiger partial charge in [-0.05, 0) is 36.2 Å². The molecule has 0 atom stereocenters. The summed E-state index contributed by atoms with van der Waals surface area (Å²) in [5.74, 6) is 0.487. The van der Waals surface area contributed by atoms with Crippen LogP contribution in [0.1, 0.15) is 39.0 Å². The van der Waals surface area contributed by atoms with Crippen molar-refractivity contribution in [3.63, 3.8) is 0 Å². The van der Waals surface area contributed by atoms with Gasteiger partial charge >= 0.3 is 6.03 Å². The van der Waals surface area contributed by atoms with E-state index in [1.165, 1.54) is 0 Å². The largest absolute Gasteiger partial charge is 0.324 e. The van der Waals surface area contributed by atoms with Crippen molar-refractivity contribution >= 4 is 52.3 Å². The molecule has 172 valence electrons. The third kappa shape index (κ3) is 4.70. The van der Waals surface area contributed by atoms with Crippen molar-refractivity contribution in [1.82, 2.24) is 9.78 Å². The smallest absolute Gasteiger partial charge is 0.312 e. The van der Waals surface area contributed by atoms with E-state index < -0.39 is 6.03 Å². The predicted molar refractivity (Wildman–Crippen MR) is 133 cm³/mol. The van der Waals surface area contributed by atoms with Crippen LogP contribution in [0.15, 0.2) is 42.5 Å². The molecule has 0 fully saturated rings. The van der Waals surface area contributed by atoms with Crippen LogP contribution in [0.25, 0.3) is 5.69 Å². The summed E-state index contributed by atoms with van der Waals surface area (Å²) in [4.78, 5) is 26.6. The van der Waals surface area contributed by atoms with Crippen molar-refractivity contribution in [2.24, 2.45) is 0 Å². The SMILES string of the molecule is CC(=O)N1CCc2ccc(-n3nc(C(C)(C)C)cc3NC(=O)Nc3cccc(Cl)c3Cl)cc21. The van der Waals surface area contributed by atoms with Gasteiger partial charge in [-0.2, -0.15) is 5.10 Å².